The average molecular weight is 433 g/mol. The number of amides is 1. The van der Waals surface area contributed by atoms with Crippen molar-refractivity contribution in [2.24, 2.45) is 5.14 Å². The largest absolute Gasteiger partial charge is 0.286 e. The van der Waals surface area contributed by atoms with Crippen molar-refractivity contribution in [3.8, 4) is 22.4 Å². The Kier molecular flexibility index (Phi) is 5.85. The molecule has 0 bridgehead atoms. The standard InChI is InChI=1S/C19H17ClN4O4S/c1-23(26)18(25)10-11-24-12-16(13-6-8-14(20)9-7-13)19(22-24)15-4-2-3-5-17(15)29(21,27)28/h2-12,26H,1H3,(H2,21,27,28). The molecule has 0 unspecified atom stereocenters. The number of aromatic nitrogens is 2. The highest BCUT2D eigenvalue weighted by molar-refractivity contribution is 7.89. The van der Waals surface area contributed by atoms with Gasteiger partial charge in [0, 0.05) is 41.7 Å². The number of likely N-dealkylation sites (N-methyl/N-ethyl adjacent to an activating group) is 1. The van der Waals surface area contributed by atoms with Crippen LogP contribution >= 0.6 is 11.6 Å². The molecule has 1 amide bonds. The second kappa shape index (κ2) is 8.18. The summed E-state index contributed by atoms with van der Waals surface area (Å²) >= 11 is 5.97. The number of benzene rings is 2. The summed E-state index contributed by atoms with van der Waals surface area (Å²) in [6, 6.07) is 13.2. The third-order valence-electron chi connectivity index (χ3n) is 4.02. The van der Waals surface area contributed by atoms with Gasteiger partial charge in [0.2, 0.25) is 10.0 Å². The van der Waals surface area contributed by atoms with Crippen molar-refractivity contribution >= 4 is 33.7 Å². The molecule has 3 N–H and O–H groups in total. The Balaban J connectivity index is 2.20. The van der Waals surface area contributed by atoms with Gasteiger partial charge >= 0.3 is 0 Å². The van der Waals surface area contributed by atoms with E-state index < -0.39 is 15.9 Å². The first-order valence-corrected chi connectivity index (χ1v) is 10.2. The second-order valence-electron chi connectivity index (χ2n) is 6.10. The molecule has 0 aliphatic heterocycles. The molecule has 3 rings (SSSR count). The van der Waals surface area contributed by atoms with Crippen LogP contribution < -0.4 is 5.14 Å². The van der Waals surface area contributed by atoms with Gasteiger partial charge in [-0.2, -0.15) is 5.10 Å². The monoisotopic (exact) mass is 432 g/mol. The predicted octanol–water partition coefficient (Wildman–Crippen LogP) is 2.84. The number of primary sulfonamides is 1. The zero-order valence-corrected chi connectivity index (χ0v) is 16.8. The number of nitrogens with two attached hydrogens (primary N) is 1. The Morgan fingerprint density at radius 1 is 1.17 bits per heavy atom. The van der Waals surface area contributed by atoms with Crippen molar-refractivity contribution in [2.45, 2.75) is 4.90 Å². The number of carbonyl (C=O) groups excluding carboxylic acids is 1. The van der Waals surface area contributed by atoms with Gasteiger partial charge in [0.25, 0.3) is 5.91 Å². The van der Waals surface area contributed by atoms with Crippen LogP contribution in [0.4, 0.5) is 0 Å². The second-order valence-corrected chi connectivity index (χ2v) is 8.06. The summed E-state index contributed by atoms with van der Waals surface area (Å²) in [6.45, 7) is 0. The highest BCUT2D eigenvalue weighted by atomic mass is 35.5. The summed E-state index contributed by atoms with van der Waals surface area (Å²) in [6.07, 6.45) is 4.09. The van der Waals surface area contributed by atoms with Crippen molar-refractivity contribution in [3.05, 3.63) is 65.8 Å². The van der Waals surface area contributed by atoms with E-state index in [1.54, 1.807) is 48.7 Å². The fourth-order valence-corrected chi connectivity index (χ4v) is 3.53. The first kappa shape index (κ1) is 20.7. The molecule has 0 spiro atoms. The summed E-state index contributed by atoms with van der Waals surface area (Å²) in [5, 5.41) is 19.9. The van der Waals surface area contributed by atoms with Crippen LogP contribution in [0, 0.1) is 0 Å². The van der Waals surface area contributed by atoms with E-state index in [1.807, 2.05) is 0 Å². The number of nitrogens with zero attached hydrogens (tertiary/aromatic N) is 3. The molecule has 0 aliphatic rings. The van der Waals surface area contributed by atoms with Gasteiger partial charge in [0.15, 0.2) is 0 Å². The molecule has 1 aromatic heterocycles. The Bertz CT molecular complexity index is 1190. The normalized spacial score (nSPS) is 11.7. The molecule has 8 nitrogen and oxygen atoms in total. The first-order valence-electron chi connectivity index (χ1n) is 8.29. The van der Waals surface area contributed by atoms with Crippen molar-refractivity contribution in [2.75, 3.05) is 7.05 Å². The molecule has 0 fully saturated rings. The third kappa shape index (κ3) is 4.72. The van der Waals surface area contributed by atoms with E-state index in [-0.39, 0.29) is 4.90 Å². The fourth-order valence-electron chi connectivity index (χ4n) is 2.67. The SMILES string of the molecule is CN(O)C(=O)C=Cn1cc(-c2ccc(Cl)cc2)c(-c2ccccc2S(N)(=O)=O)n1. The molecule has 0 radical (unpaired) electrons. The molecular formula is C19H17ClN4O4S. The fraction of sp³-hybridized carbons (Fsp3) is 0.0526. The lowest BCUT2D eigenvalue weighted by Gasteiger charge is -2.07. The van der Waals surface area contributed by atoms with E-state index in [0.29, 0.717) is 26.9 Å². The molecule has 0 saturated carbocycles. The minimum atomic E-state index is -4.00. The van der Waals surface area contributed by atoms with Gasteiger partial charge in [0.05, 0.1) is 4.90 Å². The minimum Gasteiger partial charge on any atom is -0.286 e. The summed E-state index contributed by atoms with van der Waals surface area (Å²) in [7, 11) is -2.80. The van der Waals surface area contributed by atoms with Crippen molar-refractivity contribution in [3.63, 3.8) is 0 Å². The number of rotatable bonds is 5. The highest BCUT2D eigenvalue weighted by Crippen LogP contribution is 2.34. The van der Waals surface area contributed by atoms with Crippen LogP contribution in [0.1, 0.15) is 0 Å². The molecule has 150 valence electrons. The smallest absolute Gasteiger partial charge is 0.271 e. The number of sulfonamides is 1. The Hall–Kier alpha value is -2.98. The van der Waals surface area contributed by atoms with E-state index >= 15 is 0 Å². The van der Waals surface area contributed by atoms with Gasteiger partial charge in [0.1, 0.15) is 5.69 Å². The Morgan fingerprint density at radius 3 is 2.45 bits per heavy atom. The molecule has 29 heavy (non-hydrogen) atoms. The molecule has 10 heteroatoms. The van der Waals surface area contributed by atoms with Gasteiger partial charge in [-0.3, -0.25) is 10.0 Å². The molecule has 2 aromatic carbocycles. The van der Waals surface area contributed by atoms with Gasteiger partial charge in [-0.15, -0.1) is 0 Å². The summed E-state index contributed by atoms with van der Waals surface area (Å²) < 4.78 is 25.4. The number of hydrogen-bond donors (Lipinski definition) is 2. The maximum absolute atomic E-state index is 12.1. The van der Waals surface area contributed by atoms with Gasteiger partial charge in [-0.05, 0) is 23.8 Å². The van der Waals surface area contributed by atoms with Crippen LogP contribution in [0.25, 0.3) is 28.6 Å². The van der Waals surface area contributed by atoms with E-state index in [4.69, 9.17) is 16.7 Å². The average Bonchev–Trinajstić information content (AvgIpc) is 3.10. The zero-order valence-electron chi connectivity index (χ0n) is 15.2. The molecule has 1 heterocycles. The lowest BCUT2D eigenvalue weighted by molar-refractivity contribution is -0.153. The van der Waals surface area contributed by atoms with Gasteiger partial charge in [-0.1, -0.05) is 41.9 Å². The van der Waals surface area contributed by atoms with Gasteiger partial charge < -0.3 is 0 Å². The molecule has 3 aromatic rings. The van der Waals surface area contributed by atoms with Gasteiger partial charge in [-0.25, -0.2) is 23.3 Å². The highest BCUT2D eigenvalue weighted by Gasteiger charge is 2.20. The summed E-state index contributed by atoms with van der Waals surface area (Å²) in [5.41, 5.74) is 2.01. The quantitative estimate of drug-likeness (QED) is 0.365. The van der Waals surface area contributed by atoms with E-state index in [1.165, 1.54) is 24.0 Å². The lowest BCUT2D eigenvalue weighted by atomic mass is 10.0. The molecule has 0 aliphatic carbocycles. The van der Waals surface area contributed by atoms with Crippen LogP contribution in [0.5, 0.6) is 0 Å². The maximum Gasteiger partial charge on any atom is 0.271 e. The van der Waals surface area contributed by atoms with Crippen molar-refractivity contribution < 1.29 is 18.4 Å². The third-order valence-corrected chi connectivity index (χ3v) is 5.25. The Labute approximate surface area is 172 Å². The van der Waals surface area contributed by atoms with Crippen molar-refractivity contribution in [1.29, 1.82) is 0 Å². The Morgan fingerprint density at radius 2 is 1.83 bits per heavy atom. The topological polar surface area (TPSA) is 119 Å². The number of halogens is 1. The van der Waals surface area contributed by atoms with Crippen molar-refractivity contribution in [1.82, 2.24) is 14.8 Å². The summed E-state index contributed by atoms with van der Waals surface area (Å²) in [4.78, 5) is 11.5. The van der Waals surface area contributed by atoms with E-state index in [0.717, 1.165) is 11.6 Å². The predicted molar refractivity (Wildman–Crippen MR) is 109 cm³/mol. The lowest BCUT2D eigenvalue weighted by Crippen LogP contribution is -2.19. The minimum absolute atomic E-state index is 0.0735. The van der Waals surface area contributed by atoms with Crippen LogP contribution in [-0.2, 0) is 14.8 Å². The number of hydroxylamine groups is 2. The van der Waals surface area contributed by atoms with Crippen LogP contribution in [0.3, 0.4) is 0 Å². The number of carbonyl (C=O) groups is 1. The molecular weight excluding hydrogens is 416 g/mol. The van der Waals surface area contributed by atoms with Crippen LogP contribution in [-0.4, -0.2) is 41.4 Å². The van der Waals surface area contributed by atoms with E-state index in [2.05, 4.69) is 5.10 Å². The summed E-state index contributed by atoms with van der Waals surface area (Å²) in [5.74, 6) is -0.653. The molecule has 0 saturated heterocycles. The number of hydrogen-bond acceptors (Lipinski definition) is 5. The zero-order chi connectivity index (χ0) is 21.2. The maximum atomic E-state index is 12.1. The van der Waals surface area contributed by atoms with E-state index in [9.17, 15) is 18.4 Å². The molecule has 0 atom stereocenters. The van der Waals surface area contributed by atoms with Crippen LogP contribution in [0.15, 0.2) is 65.7 Å². The van der Waals surface area contributed by atoms with Crippen LogP contribution in [0.2, 0.25) is 5.02 Å². The first-order chi connectivity index (χ1) is 13.7.